The summed E-state index contributed by atoms with van der Waals surface area (Å²) in [7, 11) is 0. The van der Waals surface area contributed by atoms with Gasteiger partial charge in [0.2, 0.25) is 11.8 Å². The molecule has 3 rings (SSSR count). The van der Waals surface area contributed by atoms with E-state index in [-0.39, 0.29) is 42.0 Å². The Labute approximate surface area is 180 Å². The highest BCUT2D eigenvalue weighted by Crippen LogP contribution is 2.42. The maximum atomic E-state index is 13.2. The summed E-state index contributed by atoms with van der Waals surface area (Å²) < 4.78 is 0. The van der Waals surface area contributed by atoms with Gasteiger partial charge in [-0.3, -0.25) is 9.59 Å². The number of benzene rings is 1. The van der Waals surface area contributed by atoms with E-state index in [4.69, 9.17) is 11.6 Å². The largest absolute Gasteiger partial charge is 0.412 e. The van der Waals surface area contributed by atoms with Gasteiger partial charge in [-0.1, -0.05) is 58.9 Å². The fraction of sp³-hybridized carbons (Fsp3) is 0.652. The Kier molecular flexibility index (Phi) is 8.73. The number of carbonyl (C=O) groups excluding carboxylic acids is 2. The Morgan fingerprint density at radius 1 is 1.14 bits per heavy atom. The molecule has 2 atom stereocenters. The number of nitrogens with one attached hydrogen (secondary N) is 1. The van der Waals surface area contributed by atoms with Gasteiger partial charge in [0.15, 0.2) is 0 Å². The lowest BCUT2D eigenvalue weighted by molar-refractivity contribution is -0.141. The second-order valence-electron chi connectivity index (χ2n) is 9.15. The van der Waals surface area contributed by atoms with Crippen molar-refractivity contribution in [2.75, 3.05) is 13.1 Å². The zero-order valence-electron chi connectivity index (χ0n) is 17.3. The molecule has 29 heavy (non-hydrogen) atoms. The van der Waals surface area contributed by atoms with Crippen LogP contribution in [0.25, 0.3) is 0 Å². The van der Waals surface area contributed by atoms with Gasteiger partial charge in [-0.2, -0.15) is 0 Å². The van der Waals surface area contributed by atoms with Crippen LogP contribution in [0.4, 0.5) is 0 Å². The van der Waals surface area contributed by atoms with Crippen LogP contribution < -0.4 is 5.32 Å². The normalized spacial score (nSPS) is 21.6. The highest BCUT2D eigenvalue weighted by Gasteiger charge is 2.41. The van der Waals surface area contributed by atoms with Crippen LogP contribution in [0.1, 0.15) is 65.9 Å². The third-order valence-corrected chi connectivity index (χ3v) is 6.24. The van der Waals surface area contributed by atoms with Crippen molar-refractivity contribution in [3.05, 3.63) is 34.9 Å². The van der Waals surface area contributed by atoms with E-state index in [0.717, 1.165) is 30.8 Å². The summed E-state index contributed by atoms with van der Waals surface area (Å²) in [6.07, 6.45) is 2.82. The minimum atomic E-state index is -0.430. The number of carbonyl (C=O) groups is 2. The molecule has 0 radical (unpaired) electrons. The van der Waals surface area contributed by atoms with E-state index in [0.29, 0.717) is 12.5 Å². The molecule has 1 aliphatic carbocycles. The molecule has 3 N–H and O–H groups in total. The number of likely N-dealkylation sites (tertiary alicyclic amines) is 1. The Morgan fingerprint density at radius 3 is 2.21 bits per heavy atom. The zero-order chi connectivity index (χ0) is 19.8. The minimum Gasteiger partial charge on any atom is -0.412 e. The van der Waals surface area contributed by atoms with E-state index >= 15 is 0 Å². The van der Waals surface area contributed by atoms with Crippen molar-refractivity contribution >= 4 is 23.4 Å². The van der Waals surface area contributed by atoms with Crippen molar-refractivity contribution in [1.29, 1.82) is 0 Å². The van der Waals surface area contributed by atoms with Crippen LogP contribution in [-0.4, -0.2) is 41.3 Å². The Hall–Kier alpha value is -1.59. The first-order chi connectivity index (χ1) is 12.7. The first kappa shape index (κ1) is 25.4. The van der Waals surface area contributed by atoms with E-state index in [1.807, 2.05) is 30.9 Å². The second kappa shape index (κ2) is 9.94. The predicted octanol–water partition coefficient (Wildman–Crippen LogP) is 4.04. The van der Waals surface area contributed by atoms with E-state index in [2.05, 4.69) is 31.3 Å². The molecule has 0 bridgehead atoms. The van der Waals surface area contributed by atoms with Gasteiger partial charge in [0.1, 0.15) is 6.04 Å². The number of hydrogen-bond donors (Lipinski definition) is 1. The van der Waals surface area contributed by atoms with Crippen molar-refractivity contribution in [2.24, 2.45) is 17.3 Å². The maximum Gasteiger partial charge on any atom is 0.245 e. The number of nitrogens with zero attached hydrogens (tertiary/aromatic N) is 1. The van der Waals surface area contributed by atoms with Gasteiger partial charge >= 0.3 is 0 Å². The van der Waals surface area contributed by atoms with Crippen molar-refractivity contribution in [1.82, 2.24) is 10.2 Å². The third-order valence-electron chi connectivity index (χ3n) is 5.99. The van der Waals surface area contributed by atoms with Gasteiger partial charge in [-0.05, 0) is 54.2 Å². The molecule has 1 heterocycles. The zero-order valence-corrected chi connectivity index (χ0v) is 18.1. The third kappa shape index (κ3) is 5.95. The molecule has 0 aromatic heterocycles. The van der Waals surface area contributed by atoms with Crippen molar-refractivity contribution in [3.63, 3.8) is 0 Å². The monoisotopic (exact) mass is 424 g/mol. The Morgan fingerprint density at radius 2 is 1.72 bits per heavy atom. The smallest absolute Gasteiger partial charge is 0.245 e. The lowest BCUT2D eigenvalue weighted by Gasteiger charge is -2.45. The van der Waals surface area contributed by atoms with Crippen LogP contribution in [0.15, 0.2) is 24.3 Å². The summed E-state index contributed by atoms with van der Waals surface area (Å²) in [6, 6.07) is 7.64. The summed E-state index contributed by atoms with van der Waals surface area (Å²) in [5.74, 6) is 0.680. The van der Waals surface area contributed by atoms with Crippen LogP contribution in [0.5, 0.6) is 0 Å². The summed E-state index contributed by atoms with van der Waals surface area (Å²) in [5.41, 5.74) is 1.24. The Bertz CT molecular complexity index is 699. The first-order valence-corrected chi connectivity index (χ1v) is 10.4. The quantitative estimate of drug-likeness (QED) is 0.773. The fourth-order valence-electron chi connectivity index (χ4n) is 4.18. The van der Waals surface area contributed by atoms with Crippen molar-refractivity contribution in [2.45, 2.75) is 66.3 Å². The number of halogens is 1. The molecule has 5 nitrogen and oxygen atoms in total. The lowest BCUT2D eigenvalue weighted by Crippen LogP contribution is -2.56. The first-order valence-electron chi connectivity index (χ1n) is 10.0. The molecule has 1 aliphatic heterocycles. The standard InChI is InChI=1S/C22H31ClN2O2.CH4.H2O/c1-14(2)19(24-20(26)16-5-6-16)21(27)25-12-11-18(22(3,4)13-25)15-7-9-17(23)10-8-15;;/h7-10,14,16,18-19H,5-6,11-13H2,1-4H3,(H,24,26);1H4;1H2/t18-,19-;;/m1../s1. The van der Waals surface area contributed by atoms with Gasteiger partial charge < -0.3 is 15.7 Å². The molecule has 1 aromatic rings. The molecule has 1 saturated carbocycles. The number of hydrogen-bond acceptors (Lipinski definition) is 2. The molecule has 164 valence electrons. The van der Waals surface area contributed by atoms with Gasteiger partial charge in [0.05, 0.1) is 0 Å². The van der Waals surface area contributed by atoms with E-state index in [9.17, 15) is 9.59 Å². The van der Waals surface area contributed by atoms with Gasteiger partial charge in [-0.15, -0.1) is 0 Å². The topological polar surface area (TPSA) is 80.9 Å². The predicted molar refractivity (Wildman–Crippen MR) is 119 cm³/mol. The van der Waals surface area contributed by atoms with Crippen molar-refractivity contribution < 1.29 is 15.1 Å². The maximum absolute atomic E-state index is 13.2. The SMILES string of the molecule is C.CC(C)[C@@H](NC(=O)C1CC1)C(=O)N1CC[C@H](c2ccc(Cl)cc2)C(C)(C)C1.O. The van der Waals surface area contributed by atoms with E-state index in [1.165, 1.54) is 5.56 Å². The Balaban J connectivity index is 0.00000210. The fourth-order valence-corrected chi connectivity index (χ4v) is 4.31. The molecule has 2 aliphatic rings. The highest BCUT2D eigenvalue weighted by molar-refractivity contribution is 6.30. The molecule has 0 unspecified atom stereocenters. The number of rotatable bonds is 5. The van der Waals surface area contributed by atoms with Crippen LogP contribution in [-0.2, 0) is 9.59 Å². The molecule has 1 saturated heterocycles. The van der Waals surface area contributed by atoms with Gasteiger partial charge in [0, 0.05) is 24.0 Å². The average molecular weight is 425 g/mol. The van der Waals surface area contributed by atoms with Gasteiger partial charge in [-0.25, -0.2) is 0 Å². The highest BCUT2D eigenvalue weighted by atomic mass is 35.5. The van der Waals surface area contributed by atoms with Crippen molar-refractivity contribution in [3.8, 4) is 0 Å². The van der Waals surface area contributed by atoms with E-state index in [1.54, 1.807) is 0 Å². The van der Waals surface area contributed by atoms with Crippen LogP contribution in [0, 0.1) is 17.3 Å². The lowest BCUT2D eigenvalue weighted by atomic mass is 9.70. The second-order valence-corrected chi connectivity index (χ2v) is 9.58. The molecular formula is C23H37ClN2O3. The molecule has 0 spiro atoms. The summed E-state index contributed by atoms with van der Waals surface area (Å²) in [4.78, 5) is 27.3. The summed E-state index contributed by atoms with van der Waals surface area (Å²) >= 11 is 6.03. The minimum absolute atomic E-state index is 0. The van der Waals surface area contributed by atoms with Crippen LogP contribution in [0.3, 0.4) is 0 Å². The van der Waals surface area contributed by atoms with E-state index < -0.39 is 6.04 Å². The molecule has 1 aromatic carbocycles. The molecule has 2 fully saturated rings. The summed E-state index contributed by atoms with van der Waals surface area (Å²) in [6.45, 7) is 9.86. The number of piperidine rings is 1. The molecule has 2 amide bonds. The average Bonchev–Trinajstić information content (AvgIpc) is 3.44. The number of amides is 2. The van der Waals surface area contributed by atoms with Crippen LogP contribution >= 0.6 is 11.6 Å². The summed E-state index contributed by atoms with van der Waals surface area (Å²) in [5, 5.41) is 3.75. The molecular weight excluding hydrogens is 388 g/mol. The van der Waals surface area contributed by atoms with Crippen LogP contribution in [0.2, 0.25) is 5.02 Å². The van der Waals surface area contributed by atoms with Gasteiger partial charge in [0.25, 0.3) is 0 Å². The molecule has 6 heteroatoms.